The van der Waals surface area contributed by atoms with Crippen LogP contribution in [-0.4, -0.2) is 63.4 Å². The van der Waals surface area contributed by atoms with E-state index < -0.39 is 0 Å². The van der Waals surface area contributed by atoms with Gasteiger partial charge in [-0.25, -0.2) is 4.98 Å². The largest absolute Gasteiger partial charge is 0.393 e. The Balaban J connectivity index is 0.00000304. The van der Waals surface area contributed by atoms with Gasteiger partial charge in [0.1, 0.15) is 5.65 Å². The number of aliphatic hydroxyl groups excluding tert-OH is 1. The minimum atomic E-state index is -0.168. The lowest BCUT2D eigenvalue weighted by molar-refractivity contribution is 0.111. The Morgan fingerprint density at radius 2 is 1.83 bits per heavy atom. The quantitative estimate of drug-likeness (QED) is 0.361. The van der Waals surface area contributed by atoms with Gasteiger partial charge in [-0.2, -0.15) is 4.98 Å². The molecule has 3 aromatic rings. The van der Waals surface area contributed by atoms with Crippen molar-refractivity contribution in [3.8, 4) is 11.1 Å². The smallest absolute Gasteiger partial charge is 0.224 e. The lowest BCUT2D eigenvalue weighted by Crippen LogP contribution is -2.44. The number of fused-ring (bicyclic) bond motifs is 1. The molecule has 3 heterocycles. The Labute approximate surface area is 221 Å². The van der Waals surface area contributed by atoms with Crippen LogP contribution in [0, 0.1) is 0 Å². The Morgan fingerprint density at radius 1 is 1.11 bits per heavy atom. The summed E-state index contributed by atoms with van der Waals surface area (Å²) in [5, 5.41) is 18.0. The first kappa shape index (κ1) is 26.9. The van der Waals surface area contributed by atoms with Crippen molar-refractivity contribution >= 4 is 29.4 Å². The molecule has 0 bridgehead atoms. The van der Waals surface area contributed by atoms with E-state index in [-0.39, 0.29) is 18.5 Å². The third kappa shape index (κ3) is 5.86. The van der Waals surface area contributed by atoms with Crippen LogP contribution >= 0.6 is 12.4 Å². The van der Waals surface area contributed by atoms with Crippen LogP contribution in [0.25, 0.3) is 22.2 Å². The number of benzene rings is 1. The molecule has 0 amide bonds. The molecule has 196 valence electrons. The topological polar surface area (TPSA) is 78.2 Å². The standard InChI is InChI=1S/C28H40N6O.ClH/c1-3-4-13-30-28-31-18-25-26(19-34(27(25)32-28)23-9-11-24(35)12-10-23)22-7-5-21(6-8-22)20(2)33-16-14-29-15-17-33;/h5-8,18-20,23-24,29,35H,3-4,9-17H2,1-2H3,(H,30,31,32);1H. The van der Waals surface area contributed by atoms with Crippen molar-refractivity contribution in [3.63, 3.8) is 0 Å². The summed E-state index contributed by atoms with van der Waals surface area (Å²) in [4.78, 5) is 12.2. The van der Waals surface area contributed by atoms with Gasteiger partial charge in [0, 0.05) is 68.2 Å². The third-order valence-corrected chi connectivity index (χ3v) is 7.85. The van der Waals surface area contributed by atoms with Gasteiger partial charge in [-0.05, 0) is 50.2 Å². The minimum absolute atomic E-state index is 0. The number of hydrogen-bond donors (Lipinski definition) is 3. The number of hydrogen-bond acceptors (Lipinski definition) is 6. The third-order valence-electron chi connectivity index (χ3n) is 7.85. The predicted molar refractivity (Wildman–Crippen MR) is 150 cm³/mol. The fourth-order valence-corrected chi connectivity index (χ4v) is 5.56. The van der Waals surface area contributed by atoms with Crippen LogP contribution in [0.5, 0.6) is 0 Å². The first-order valence-electron chi connectivity index (χ1n) is 13.5. The van der Waals surface area contributed by atoms with Crippen LogP contribution in [0.1, 0.15) is 70.0 Å². The summed E-state index contributed by atoms with van der Waals surface area (Å²) in [6.07, 6.45) is 10.00. The predicted octanol–water partition coefficient (Wildman–Crippen LogP) is 5.17. The highest BCUT2D eigenvalue weighted by molar-refractivity contribution is 5.94. The monoisotopic (exact) mass is 512 g/mol. The van der Waals surface area contributed by atoms with Crippen LogP contribution in [0.3, 0.4) is 0 Å². The maximum Gasteiger partial charge on any atom is 0.224 e. The molecule has 1 aromatic carbocycles. The molecule has 1 unspecified atom stereocenters. The first-order chi connectivity index (χ1) is 17.1. The molecule has 5 rings (SSSR count). The molecular weight excluding hydrogens is 472 g/mol. The van der Waals surface area contributed by atoms with E-state index in [1.54, 1.807) is 0 Å². The van der Waals surface area contributed by atoms with Crippen LogP contribution in [0.15, 0.2) is 36.7 Å². The van der Waals surface area contributed by atoms with Crippen molar-refractivity contribution in [3.05, 3.63) is 42.2 Å². The van der Waals surface area contributed by atoms with Gasteiger partial charge in [-0.1, -0.05) is 37.6 Å². The van der Waals surface area contributed by atoms with E-state index in [0.29, 0.717) is 18.0 Å². The molecular formula is C28H41ClN6O. The van der Waals surface area contributed by atoms with E-state index in [0.717, 1.165) is 82.3 Å². The van der Waals surface area contributed by atoms with Crippen LogP contribution in [0.4, 0.5) is 5.95 Å². The van der Waals surface area contributed by atoms with E-state index >= 15 is 0 Å². The highest BCUT2D eigenvalue weighted by atomic mass is 35.5. The van der Waals surface area contributed by atoms with Crippen molar-refractivity contribution in [1.29, 1.82) is 0 Å². The molecule has 7 nitrogen and oxygen atoms in total. The van der Waals surface area contributed by atoms with Crippen LogP contribution < -0.4 is 10.6 Å². The number of nitrogens with one attached hydrogen (secondary N) is 2. The Bertz CT molecular complexity index is 1100. The molecule has 2 fully saturated rings. The van der Waals surface area contributed by atoms with Crippen molar-refractivity contribution in [1.82, 2.24) is 24.8 Å². The fourth-order valence-electron chi connectivity index (χ4n) is 5.56. The number of aromatic nitrogens is 3. The second kappa shape index (κ2) is 12.4. The highest BCUT2D eigenvalue weighted by Crippen LogP contribution is 2.37. The zero-order valence-electron chi connectivity index (χ0n) is 21.6. The zero-order chi connectivity index (χ0) is 24.2. The van der Waals surface area contributed by atoms with Crippen LogP contribution in [0.2, 0.25) is 0 Å². The molecule has 0 radical (unpaired) electrons. The van der Waals surface area contributed by atoms with Crippen molar-refractivity contribution in [2.75, 3.05) is 38.0 Å². The number of halogens is 1. The van der Waals surface area contributed by atoms with E-state index in [4.69, 9.17) is 4.98 Å². The van der Waals surface area contributed by atoms with Gasteiger partial charge in [-0.3, -0.25) is 4.90 Å². The zero-order valence-corrected chi connectivity index (χ0v) is 22.4. The van der Waals surface area contributed by atoms with Gasteiger partial charge < -0.3 is 20.3 Å². The molecule has 1 aliphatic carbocycles. The van der Waals surface area contributed by atoms with Crippen molar-refractivity contribution in [2.24, 2.45) is 0 Å². The first-order valence-corrected chi connectivity index (χ1v) is 13.5. The molecule has 2 aliphatic rings. The summed E-state index contributed by atoms with van der Waals surface area (Å²) >= 11 is 0. The molecule has 8 heteroatoms. The van der Waals surface area contributed by atoms with Gasteiger partial charge in [0.25, 0.3) is 0 Å². The Kier molecular flexibility index (Phi) is 9.23. The highest BCUT2D eigenvalue weighted by Gasteiger charge is 2.24. The fraction of sp³-hybridized carbons (Fsp3) is 0.571. The summed E-state index contributed by atoms with van der Waals surface area (Å²) in [7, 11) is 0. The number of aliphatic hydroxyl groups is 1. The lowest BCUT2D eigenvalue weighted by atomic mass is 9.93. The number of anilines is 1. The summed E-state index contributed by atoms with van der Waals surface area (Å²) in [5.41, 5.74) is 4.75. The molecule has 0 spiro atoms. The van der Waals surface area contributed by atoms with Gasteiger partial charge >= 0.3 is 0 Å². The van der Waals surface area contributed by atoms with E-state index in [2.05, 4.69) is 69.4 Å². The summed E-state index contributed by atoms with van der Waals surface area (Å²) in [5.74, 6) is 0.702. The maximum atomic E-state index is 10.0. The number of piperazine rings is 1. The van der Waals surface area contributed by atoms with Crippen LogP contribution in [-0.2, 0) is 0 Å². The van der Waals surface area contributed by atoms with Crippen molar-refractivity contribution in [2.45, 2.75) is 70.6 Å². The average Bonchev–Trinajstić information content (AvgIpc) is 3.28. The molecule has 3 N–H and O–H groups in total. The minimum Gasteiger partial charge on any atom is -0.393 e. The Morgan fingerprint density at radius 3 is 2.53 bits per heavy atom. The molecule has 2 aromatic heterocycles. The van der Waals surface area contributed by atoms with Gasteiger partial charge in [0.15, 0.2) is 0 Å². The van der Waals surface area contributed by atoms with Gasteiger partial charge in [0.05, 0.1) is 6.10 Å². The maximum absolute atomic E-state index is 10.0. The number of rotatable bonds is 8. The summed E-state index contributed by atoms with van der Waals surface area (Å²) in [6, 6.07) is 9.85. The summed E-state index contributed by atoms with van der Waals surface area (Å²) < 4.78 is 2.35. The second-order valence-corrected chi connectivity index (χ2v) is 10.2. The SMILES string of the molecule is CCCCNc1ncc2c(-c3ccc(C(C)N4CCNCC4)cc3)cn(C3CCC(O)CC3)c2n1.Cl. The molecule has 36 heavy (non-hydrogen) atoms. The van der Waals surface area contributed by atoms with E-state index in [1.165, 1.54) is 16.7 Å². The van der Waals surface area contributed by atoms with Gasteiger partial charge in [-0.15, -0.1) is 12.4 Å². The molecule has 1 saturated carbocycles. The average molecular weight is 513 g/mol. The number of unbranched alkanes of at least 4 members (excludes halogenated alkanes) is 1. The van der Waals surface area contributed by atoms with Crippen molar-refractivity contribution < 1.29 is 5.11 Å². The van der Waals surface area contributed by atoms with E-state index in [1.807, 2.05) is 6.20 Å². The second-order valence-electron chi connectivity index (χ2n) is 10.2. The Hall–Kier alpha value is -2.19. The van der Waals surface area contributed by atoms with E-state index in [9.17, 15) is 5.11 Å². The van der Waals surface area contributed by atoms with Gasteiger partial charge in [0.2, 0.25) is 5.95 Å². The normalized spacial score (nSPS) is 21.8. The molecule has 1 saturated heterocycles. The lowest BCUT2D eigenvalue weighted by Gasteiger charge is -2.33. The molecule has 1 atom stereocenters. The number of nitrogens with zero attached hydrogens (tertiary/aromatic N) is 4. The molecule has 1 aliphatic heterocycles. The summed E-state index contributed by atoms with van der Waals surface area (Å²) in [6.45, 7) is 9.71.